The summed E-state index contributed by atoms with van der Waals surface area (Å²) in [7, 11) is -2.60. The summed E-state index contributed by atoms with van der Waals surface area (Å²) in [6.07, 6.45) is 3.91. The van der Waals surface area contributed by atoms with E-state index in [1.807, 2.05) is 0 Å². The van der Waals surface area contributed by atoms with Gasteiger partial charge in [0, 0.05) is 50.1 Å². The summed E-state index contributed by atoms with van der Waals surface area (Å²) < 4.78 is 54.7. The maximum atomic E-state index is 14.6. The lowest BCUT2D eigenvalue weighted by atomic mass is 10.0. The fraction of sp³-hybridized carbons (Fsp3) is 0.417. The second kappa shape index (κ2) is 9.25. The Labute approximate surface area is 208 Å². The van der Waals surface area contributed by atoms with Crippen LogP contribution < -0.4 is 20.1 Å². The van der Waals surface area contributed by atoms with Gasteiger partial charge in [-0.2, -0.15) is 9.40 Å². The van der Waals surface area contributed by atoms with Gasteiger partial charge in [0.1, 0.15) is 11.4 Å². The van der Waals surface area contributed by atoms with Gasteiger partial charge in [-0.25, -0.2) is 17.3 Å². The molecule has 0 radical (unpaired) electrons. The molecule has 4 heterocycles. The Morgan fingerprint density at radius 3 is 2.78 bits per heavy atom. The van der Waals surface area contributed by atoms with Crippen molar-refractivity contribution in [2.75, 3.05) is 38.3 Å². The molecule has 2 aliphatic heterocycles. The molecule has 36 heavy (non-hydrogen) atoms. The molecule has 1 unspecified atom stereocenters. The van der Waals surface area contributed by atoms with E-state index in [-0.39, 0.29) is 28.7 Å². The molecule has 1 fully saturated rings. The number of primary amides is 1. The summed E-state index contributed by atoms with van der Waals surface area (Å²) in [4.78, 5) is 14.5. The van der Waals surface area contributed by atoms with E-state index < -0.39 is 21.7 Å². The minimum Gasteiger partial charge on any atom is -0.489 e. The fourth-order valence-corrected chi connectivity index (χ4v) is 6.12. The molecule has 2 aromatic heterocycles. The van der Waals surface area contributed by atoms with Crippen molar-refractivity contribution in [1.82, 2.24) is 13.9 Å². The quantitative estimate of drug-likeness (QED) is 0.534. The van der Waals surface area contributed by atoms with E-state index in [0.29, 0.717) is 43.2 Å². The first-order chi connectivity index (χ1) is 17.2. The molecule has 3 aromatic rings. The zero-order chi connectivity index (χ0) is 25.6. The molecular weight excluding hydrogens is 489 g/mol. The van der Waals surface area contributed by atoms with Crippen molar-refractivity contribution in [3.8, 4) is 11.5 Å². The Morgan fingerprint density at radius 1 is 1.25 bits per heavy atom. The Hall–Kier alpha value is -3.38. The summed E-state index contributed by atoms with van der Waals surface area (Å²) in [5.74, 6) is -0.348. The third kappa shape index (κ3) is 4.03. The lowest BCUT2D eigenvalue weighted by molar-refractivity contribution is 0.0998. The van der Waals surface area contributed by atoms with Crippen LogP contribution in [0, 0.1) is 5.82 Å². The third-order valence-electron chi connectivity index (χ3n) is 6.72. The van der Waals surface area contributed by atoms with Crippen molar-refractivity contribution < 1.29 is 27.1 Å². The first-order valence-corrected chi connectivity index (χ1v) is 13.3. The topological polar surface area (TPSA) is 119 Å². The SMILES string of the molecule is CCN(C)S(=O)(=O)c1nn2ccc(N3CCCC3c3cc(F)cc4c3OCCCO4)cc2c1C(N)=O. The van der Waals surface area contributed by atoms with Crippen molar-refractivity contribution in [3.63, 3.8) is 0 Å². The smallest absolute Gasteiger partial charge is 0.262 e. The molecule has 5 rings (SSSR count). The maximum Gasteiger partial charge on any atom is 0.262 e. The average molecular weight is 518 g/mol. The van der Waals surface area contributed by atoms with Crippen LogP contribution in [0.5, 0.6) is 11.5 Å². The Morgan fingerprint density at radius 2 is 2.03 bits per heavy atom. The summed E-state index contributed by atoms with van der Waals surface area (Å²) >= 11 is 0. The van der Waals surface area contributed by atoms with E-state index >= 15 is 0 Å². The van der Waals surface area contributed by atoms with Crippen molar-refractivity contribution in [2.45, 2.75) is 37.3 Å². The minimum atomic E-state index is -4.02. The van der Waals surface area contributed by atoms with Gasteiger partial charge in [0.2, 0.25) is 5.03 Å². The van der Waals surface area contributed by atoms with Crippen LogP contribution in [0.25, 0.3) is 5.52 Å². The van der Waals surface area contributed by atoms with E-state index in [9.17, 15) is 17.6 Å². The number of sulfonamides is 1. The number of hydrogen-bond acceptors (Lipinski definition) is 7. The van der Waals surface area contributed by atoms with E-state index in [4.69, 9.17) is 15.2 Å². The molecule has 10 nitrogen and oxygen atoms in total. The van der Waals surface area contributed by atoms with Gasteiger partial charge in [-0.15, -0.1) is 0 Å². The van der Waals surface area contributed by atoms with E-state index in [1.165, 1.54) is 23.7 Å². The number of aromatic nitrogens is 2. The van der Waals surface area contributed by atoms with Crippen LogP contribution >= 0.6 is 0 Å². The van der Waals surface area contributed by atoms with Crippen molar-refractivity contribution in [3.05, 3.63) is 47.4 Å². The fourth-order valence-electron chi connectivity index (χ4n) is 4.83. The number of pyridine rings is 1. The number of benzene rings is 1. The number of hydrogen-bond donors (Lipinski definition) is 1. The van der Waals surface area contributed by atoms with Gasteiger partial charge in [-0.3, -0.25) is 4.79 Å². The second-order valence-electron chi connectivity index (χ2n) is 8.90. The first-order valence-electron chi connectivity index (χ1n) is 11.9. The standard InChI is InChI=1S/C24H28FN5O5S/c1-3-28(2)36(32,33)24-21(23(26)31)19-14-16(7-9-30(19)27-24)29-8-4-6-18(29)17-12-15(25)13-20-22(17)35-11-5-10-34-20/h7,9,12-14,18H,3-6,8,10-11H2,1-2H3,(H2,26,31). The molecule has 2 aliphatic rings. The molecule has 1 saturated heterocycles. The highest BCUT2D eigenvalue weighted by Crippen LogP contribution is 2.45. The number of fused-ring (bicyclic) bond motifs is 2. The number of carbonyl (C=O) groups excluding carboxylic acids is 1. The van der Waals surface area contributed by atoms with Gasteiger partial charge < -0.3 is 20.1 Å². The second-order valence-corrected chi connectivity index (χ2v) is 10.9. The number of halogens is 1. The lowest BCUT2D eigenvalue weighted by Crippen LogP contribution is -2.29. The molecule has 192 valence electrons. The zero-order valence-electron chi connectivity index (χ0n) is 20.1. The Kier molecular flexibility index (Phi) is 6.25. The number of amides is 1. The summed E-state index contributed by atoms with van der Waals surface area (Å²) in [6.45, 7) is 3.50. The highest BCUT2D eigenvalue weighted by molar-refractivity contribution is 7.89. The molecule has 2 N–H and O–H groups in total. The van der Waals surface area contributed by atoms with E-state index in [0.717, 1.165) is 22.8 Å². The van der Waals surface area contributed by atoms with Gasteiger partial charge in [0.15, 0.2) is 11.5 Å². The molecular formula is C24H28FN5O5S. The van der Waals surface area contributed by atoms with Crippen LogP contribution in [0.3, 0.4) is 0 Å². The molecule has 0 spiro atoms. The largest absolute Gasteiger partial charge is 0.489 e. The molecule has 12 heteroatoms. The summed E-state index contributed by atoms with van der Waals surface area (Å²) in [5.41, 5.74) is 7.18. The third-order valence-corrected chi connectivity index (χ3v) is 8.57. The molecule has 1 aromatic carbocycles. The number of nitrogens with zero attached hydrogens (tertiary/aromatic N) is 4. The highest BCUT2D eigenvalue weighted by Gasteiger charge is 2.34. The van der Waals surface area contributed by atoms with Gasteiger partial charge in [0.05, 0.1) is 24.8 Å². The Bertz CT molecular complexity index is 1440. The van der Waals surface area contributed by atoms with Gasteiger partial charge in [-0.1, -0.05) is 6.92 Å². The normalized spacial score (nSPS) is 18.1. The molecule has 0 bridgehead atoms. The lowest BCUT2D eigenvalue weighted by Gasteiger charge is -2.29. The van der Waals surface area contributed by atoms with Gasteiger partial charge in [-0.05, 0) is 31.0 Å². The molecule has 0 saturated carbocycles. The van der Waals surface area contributed by atoms with Crippen LogP contribution in [0.2, 0.25) is 0 Å². The van der Waals surface area contributed by atoms with Crippen LogP contribution in [0.1, 0.15) is 48.1 Å². The zero-order valence-corrected chi connectivity index (χ0v) is 20.9. The van der Waals surface area contributed by atoms with E-state index in [2.05, 4.69) is 10.00 Å². The van der Waals surface area contributed by atoms with Crippen LogP contribution in [-0.2, 0) is 10.0 Å². The van der Waals surface area contributed by atoms with Gasteiger partial charge >= 0.3 is 0 Å². The van der Waals surface area contributed by atoms with Crippen molar-refractivity contribution >= 4 is 27.1 Å². The number of nitrogens with two attached hydrogens (primary N) is 1. The number of carbonyl (C=O) groups is 1. The molecule has 1 amide bonds. The van der Waals surface area contributed by atoms with Crippen LogP contribution in [0.4, 0.5) is 10.1 Å². The van der Waals surface area contributed by atoms with Crippen LogP contribution in [-0.4, -0.2) is 61.6 Å². The predicted molar refractivity (Wildman–Crippen MR) is 131 cm³/mol. The Balaban J connectivity index is 1.61. The van der Waals surface area contributed by atoms with Crippen LogP contribution in [0.15, 0.2) is 35.5 Å². The molecule has 1 atom stereocenters. The number of rotatable bonds is 6. The summed E-state index contributed by atoms with van der Waals surface area (Å²) in [5, 5.41) is 3.80. The number of anilines is 1. The predicted octanol–water partition coefficient (Wildman–Crippen LogP) is 2.72. The maximum absolute atomic E-state index is 14.6. The van der Waals surface area contributed by atoms with Crippen molar-refractivity contribution in [2.24, 2.45) is 5.73 Å². The van der Waals surface area contributed by atoms with E-state index in [1.54, 1.807) is 25.3 Å². The first kappa shape index (κ1) is 24.3. The van der Waals surface area contributed by atoms with Crippen molar-refractivity contribution in [1.29, 1.82) is 0 Å². The molecule has 0 aliphatic carbocycles. The highest BCUT2D eigenvalue weighted by atomic mass is 32.2. The summed E-state index contributed by atoms with van der Waals surface area (Å²) in [6, 6.07) is 6.11. The van der Waals surface area contributed by atoms with Gasteiger partial charge in [0.25, 0.3) is 15.9 Å². The minimum absolute atomic E-state index is 0.163. The monoisotopic (exact) mass is 517 g/mol. The number of ether oxygens (including phenoxy) is 2. The average Bonchev–Trinajstić information content (AvgIpc) is 3.42.